The monoisotopic (exact) mass is 415 g/mol. The van der Waals surface area contributed by atoms with Crippen LogP contribution in [0.1, 0.15) is 23.9 Å². The number of aryl methyl sites for hydroxylation is 2. The van der Waals surface area contributed by atoms with Gasteiger partial charge in [0, 0.05) is 17.6 Å². The standard InChI is InChI=1S/C15H19Br2N3O/c1-9(18)6-11-7-12(16)4-5-14(11)21-8-13-15(17)10(2)19-20(13)3/h4-5,7,9H,6,8,18H2,1-3H3. The zero-order valence-corrected chi connectivity index (χ0v) is 15.5. The topological polar surface area (TPSA) is 53.1 Å². The first-order valence-corrected chi connectivity index (χ1v) is 8.32. The Morgan fingerprint density at radius 2 is 2.10 bits per heavy atom. The highest BCUT2D eigenvalue weighted by Crippen LogP contribution is 2.27. The maximum absolute atomic E-state index is 5.99. The minimum absolute atomic E-state index is 0.0901. The molecule has 1 aromatic heterocycles. The maximum Gasteiger partial charge on any atom is 0.131 e. The molecule has 4 nitrogen and oxygen atoms in total. The number of benzene rings is 1. The fourth-order valence-corrected chi connectivity index (χ4v) is 3.04. The van der Waals surface area contributed by atoms with Gasteiger partial charge in [-0.05, 0) is 60.0 Å². The summed E-state index contributed by atoms with van der Waals surface area (Å²) in [6, 6.07) is 6.09. The van der Waals surface area contributed by atoms with Crippen molar-refractivity contribution in [3.63, 3.8) is 0 Å². The van der Waals surface area contributed by atoms with Gasteiger partial charge >= 0.3 is 0 Å². The van der Waals surface area contributed by atoms with Gasteiger partial charge in [0.05, 0.1) is 15.9 Å². The number of hydrogen-bond donors (Lipinski definition) is 1. The lowest BCUT2D eigenvalue weighted by Gasteiger charge is -2.14. The molecule has 2 aromatic rings. The largest absolute Gasteiger partial charge is 0.487 e. The normalized spacial score (nSPS) is 12.5. The van der Waals surface area contributed by atoms with Gasteiger partial charge in [-0.1, -0.05) is 15.9 Å². The average molecular weight is 417 g/mol. The molecule has 1 atom stereocenters. The van der Waals surface area contributed by atoms with E-state index in [4.69, 9.17) is 10.5 Å². The quantitative estimate of drug-likeness (QED) is 0.807. The van der Waals surface area contributed by atoms with Gasteiger partial charge in [-0.15, -0.1) is 0 Å². The molecule has 0 saturated carbocycles. The second-order valence-electron chi connectivity index (χ2n) is 5.19. The highest BCUT2D eigenvalue weighted by atomic mass is 79.9. The predicted octanol–water partition coefficient (Wildman–Crippen LogP) is 3.72. The lowest BCUT2D eigenvalue weighted by atomic mass is 10.1. The molecule has 0 amide bonds. The van der Waals surface area contributed by atoms with Crippen LogP contribution in [0.2, 0.25) is 0 Å². The zero-order valence-electron chi connectivity index (χ0n) is 12.4. The number of halogens is 2. The van der Waals surface area contributed by atoms with Crippen molar-refractivity contribution < 1.29 is 4.74 Å². The van der Waals surface area contributed by atoms with E-state index in [-0.39, 0.29) is 6.04 Å². The van der Waals surface area contributed by atoms with E-state index in [0.717, 1.165) is 38.1 Å². The summed E-state index contributed by atoms with van der Waals surface area (Å²) in [5, 5.41) is 4.37. The SMILES string of the molecule is Cc1nn(C)c(COc2ccc(Br)cc2CC(C)N)c1Br. The summed E-state index contributed by atoms with van der Waals surface area (Å²) in [4.78, 5) is 0. The molecule has 0 radical (unpaired) electrons. The second-order valence-corrected chi connectivity index (χ2v) is 6.90. The molecule has 0 aliphatic heterocycles. The van der Waals surface area contributed by atoms with Gasteiger partial charge in [-0.3, -0.25) is 4.68 Å². The van der Waals surface area contributed by atoms with E-state index >= 15 is 0 Å². The fraction of sp³-hybridized carbons (Fsp3) is 0.400. The van der Waals surface area contributed by atoms with Crippen LogP contribution in [0, 0.1) is 6.92 Å². The van der Waals surface area contributed by atoms with Gasteiger partial charge in [0.15, 0.2) is 0 Å². The summed E-state index contributed by atoms with van der Waals surface area (Å²) < 4.78 is 9.85. The summed E-state index contributed by atoms with van der Waals surface area (Å²) in [7, 11) is 1.92. The molecule has 0 aliphatic carbocycles. The van der Waals surface area contributed by atoms with Crippen molar-refractivity contribution in [1.29, 1.82) is 0 Å². The van der Waals surface area contributed by atoms with Crippen molar-refractivity contribution in [2.24, 2.45) is 12.8 Å². The van der Waals surface area contributed by atoms with Crippen LogP contribution in [-0.2, 0) is 20.1 Å². The molecule has 21 heavy (non-hydrogen) atoms. The molecule has 0 aliphatic rings. The van der Waals surface area contributed by atoms with E-state index in [2.05, 4.69) is 43.0 Å². The molecular formula is C15H19Br2N3O. The van der Waals surface area contributed by atoms with Crippen LogP contribution in [0.5, 0.6) is 5.75 Å². The molecule has 0 bridgehead atoms. The summed E-state index contributed by atoms with van der Waals surface area (Å²) in [5.74, 6) is 0.862. The molecule has 1 heterocycles. The van der Waals surface area contributed by atoms with E-state index in [1.54, 1.807) is 0 Å². The fourth-order valence-electron chi connectivity index (χ4n) is 2.18. The van der Waals surface area contributed by atoms with Crippen LogP contribution in [0.3, 0.4) is 0 Å². The molecule has 1 aromatic carbocycles. The molecular weight excluding hydrogens is 398 g/mol. The third-order valence-electron chi connectivity index (χ3n) is 3.19. The smallest absolute Gasteiger partial charge is 0.131 e. The number of nitrogens with two attached hydrogens (primary N) is 1. The van der Waals surface area contributed by atoms with E-state index in [1.165, 1.54) is 0 Å². The van der Waals surface area contributed by atoms with Gasteiger partial charge < -0.3 is 10.5 Å². The second kappa shape index (κ2) is 6.94. The maximum atomic E-state index is 5.99. The summed E-state index contributed by atoms with van der Waals surface area (Å²) in [5.41, 5.74) is 8.99. The summed E-state index contributed by atoms with van der Waals surface area (Å²) >= 11 is 7.04. The van der Waals surface area contributed by atoms with Gasteiger partial charge in [0.2, 0.25) is 0 Å². The van der Waals surface area contributed by atoms with Gasteiger partial charge in [-0.2, -0.15) is 5.10 Å². The molecule has 0 fully saturated rings. The average Bonchev–Trinajstić information content (AvgIpc) is 2.62. The van der Waals surface area contributed by atoms with E-state index in [0.29, 0.717) is 6.61 Å². The van der Waals surface area contributed by atoms with Crippen LogP contribution in [0.25, 0.3) is 0 Å². The van der Waals surface area contributed by atoms with Crippen molar-refractivity contribution in [3.05, 3.63) is 44.1 Å². The number of nitrogens with zero attached hydrogens (tertiary/aromatic N) is 2. The number of rotatable bonds is 5. The van der Waals surface area contributed by atoms with E-state index in [9.17, 15) is 0 Å². The Morgan fingerprint density at radius 1 is 1.38 bits per heavy atom. The molecule has 0 saturated heterocycles. The highest BCUT2D eigenvalue weighted by Gasteiger charge is 2.13. The van der Waals surface area contributed by atoms with Gasteiger partial charge in [0.25, 0.3) is 0 Å². The van der Waals surface area contributed by atoms with E-state index in [1.807, 2.05) is 37.7 Å². The Kier molecular flexibility index (Phi) is 5.46. The van der Waals surface area contributed by atoms with Crippen molar-refractivity contribution in [3.8, 4) is 5.75 Å². The first kappa shape index (κ1) is 16.5. The number of ether oxygens (including phenoxy) is 1. The molecule has 0 spiro atoms. The van der Waals surface area contributed by atoms with Crippen molar-refractivity contribution in [2.75, 3.05) is 0 Å². The van der Waals surface area contributed by atoms with Gasteiger partial charge in [0.1, 0.15) is 12.4 Å². The van der Waals surface area contributed by atoms with Crippen molar-refractivity contribution >= 4 is 31.9 Å². The number of aromatic nitrogens is 2. The Hall–Kier alpha value is -0.850. The Morgan fingerprint density at radius 3 is 2.67 bits per heavy atom. The van der Waals surface area contributed by atoms with Crippen LogP contribution in [0.4, 0.5) is 0 Å². The molecule has 2 N–H and O–H groups in total. The third-order valence-corrected chi connectivity index (χ3v) is 4.72. The Balaban J connectivity index is 2.19. The Bertz CT molecular complexity index is 638. The lowest BCUT2D eigenvalue weighted by molar-refractivity contribution is 0.290. The molecule has 6 heteroatoms. The van der Waals surface area contributed by atoms with Crippen LogP contribution < -0.4 is 10.5 Å². The first-order chi connectivity index (χ1) is 9.88. The number of hydrogen-bond acceptors (Lipinski definition) is 3. The minimum Gasteiger partial charge on any atom is -0.487 e. The summed E-state index contributed by atoms with van der Waals surface area (Å²) in [6.07, 6.45) is 0.778. The Labute approximate surface area is 141 Å². The van der Waals surface area contributed by atoms with Crippen LogP contribution in [0.15, 0.2) is 27.1 Å². The lowest BCUT2D eigenvalue weighted by Crippen LogP contribution is -2.18. The predicted molar refractivity (Wildman–Crippen MR) is 91.5 cm³/mol. The third kappa shape index (κ3) is 4.08. The summed E-state index contributed by atoms with van der Waals surface area (Å²) in [6.45, 7) is 4.42. The van der Waals surface area contributed by atoms with E-state index < -0.39 is 0 Å². The van der Waals surface area contributed by atoms with Gasteiger partial charge in [-0.25, -0.2) is 0 Å². The van der Waals surface area contributed by atoms with Crippen molar-refractivity contribution in [2.45, 2.75) is 32.9 Å². The molecule has 1 unspecified atom stereocenters. The van der Waals surface area contributed by atoms with Crippen LogP contribution >= 0.6 is 31.9 Å². The van der Waals surface area contributed by atoms with Crippen LogP contribution in [-0.4, -0.2) is 15.8 Å². The van der Waals surface area contributed by atoms with Crippen molar-refractivity contribution in [1.82, 2.24) is 9.78 Å². The highest BCUT2D eigenvalue weighted by molar-refractivity contribution is 9.10. The molecule has 2 rings (SSSR count). The molecule has 114 valence electrons. The zero-order chi connectivity index (χ0) is 15.6. The minimum atomic E-state index is 0.0901. The first-order valence-electron chi connectivity index (χ1n) is 6.73.